The largest absolute Gasteiger partial charge is 0.506 e. The highest BCUT2D eigenvalue weighted by molar-refractivity contribution is 5.27. The van der Waals surface area contributed by atoms with Crippen LogP contribution in [0.1, 0.15) is 38.4 Å². The predicted molar refractivity (Wildman–Crippen MR) is 59.7 cm³/mol. The fraction of sp³-hybridized carbons (Fsp3) is 0.583. The highest BCUT2D eigenvalue weighted by Gasteiger charge is 2.27. The molecule has 0 radical (unpaired) electrons. The van der Waals surface area contributed by atoms with Gasteiger partial charge in [0.05, 0.1) is 11.7 Å². The third-order valence-corrected chi connectivity index (χ3v) is 3.31. The minimum atomic E-state index is 0.212. The van der Waals surface area contributed by atoms with E-state index in [9.17, 15) is 5.11 Å². The molecule has 0 bridgehead atoms. The molecule has 1 N–H and O–H groups in total. The first kappa shape index (κ1) is 10.4. The van der Waals surface area contributed by atoms with E-state index in [4.69, 9.17) is 0 Å². The van der Waals surface area contributed by atoms with E-state index in [0.29, 0.717) is 11.8 Å². The lowest BCUT2D eigenvalue weighted by Gasteiger charge is -2.28. The molecule has 0 spiro atoms. The van der Waals surface area contributed by atoms with E-state index in [1.165, 1.54) is 12.8 Å². The van der Waals surface area contributed by atoms with E-state index in [1.807, 2.05) is 0 Å². The number of hydrogen-bond donors (Lipinski definition) is 1. The summed E-state index contributed by atoms with van der Waals surface area (Å²) in [7, 11) is 0. The number of nitrogens with zero attached hydrogens (tertiary/aromatic N) is 2. The molecule has 2 heterocycles. The zero-order valence-electron chi connectivity index (χ0n) is 9.35. The Bertz CT molecular complexity index is 340. The Morgan fingerprint density at radius 2 is 2.40 bits per heavy atom. The zero-order valence-corrected chi connectivity index (χ0v) is 9.35. The van der Waals surface area contributed by atoms with Gasteiger partial charge in [-0.05, 0) is 45.4 Å². The van der Waals surface area contributed by atoms with Gasteiger partial charge in [0, 0.05) is 12.2 Å². The molecule has 1 aromatic rings. The lowest BCUT2D eigenvalue weighted by molar-refractivity contribution is 0.197. The predicted octanol–water partition coefficient (Wildman–Crippen LogP) is 2.33. The van der Waals surface area contributed by atoms with Gasteiger partial charge in [0.1, 0.15) is 5.75 Å². The molecule has 2 atom stereocenters. The Morgan fingerprint density at radius 1 is 1.60 bits per heavy atom. The van der Waals surface area contributed by atoms with Gasteiger partial charge in [0.25, 0.3) is 0 Å². The molecule has 0 saturated carbocycles. The molecule has 15 heavy (non-hydrogen) atoms. The summed E-state index contributed by atoms with van der Waals surface area (Å²) in [5.74, 6) is 0.309. The molecular weight excluding hydrogens is 188 g/mol. The normalized spacial score (nSPS) is 24.3. The van der Waals surface area contributed by atoms with Crippen LogP contribution in [-0.4, -0.2) is 27.6 Å². The van der Waals surface area contributed by atoms with Crippen LogP contribution in [0, 0.1) is 0 Å². The summed E-state index contributed by atoms with van der Waals surface area (Å²) in [6, 6.07) is 4.28. The Balaban J connectivity index is 2.20. The molecule has 3 nitrogen and oxygen atoms in total. The van der Waals surface area contributed by atoms with E-state index in [0.717, 1.165) is 12.2 Å². The molecule has 2 rings (SSSR count). The van der Waals surface area contributed by atoms with Gasteiger partial charge in [-0.15, -0.1) is 0 Å². The van der Waals surface area contributed by atoms with Crippen molar-refractivity contribution in [2.45, 2.75) is 38.8 Å². The second-order valence-corrected chi connectivity index (χ2v) is 4.31. The van der Waals surface area contributed by atoms with E-state index >= 15 is 0 Å². The van der Waals surface area contributed by atoms with E-state index < -0.39 is 0 Å². The first-order valence-corrected chi connectivity index (χ1v) is 5.60. The molecule has 1 saturated heterocycles. The van der Waals surface area contributed by atoms with Crippen molar-refractivity contribution in [1.29, 1.82) is 0 Å². The maximum Gasteiger partial charge on any atom is 0.138 e. The monoisotopic (exact) mass is 206 g/mol. The molecule has 1 fully saturated rings. The number of pyridine rings is 1. The van der Waals surface area contributed by atoms with Crippen molar-refractivity contribution in [2.75, 3.05) is 6.54 Å². The van der Waals surface area contributed by atoms with E-state index in [-0.39, 0.29) is 6.04 Å². The molecule has 1 aliphatic rings. The topological polar surface area (TPSA) is 36.4 Å². The number of aromatic nitrogens is 1. The molecule has 1 unspecified atom stereocenters. The highest BCUT2D eigenvalue weighted by atomic mass is 16.3. The van der Waals surface area contributed by atoms with Crippen LogP contribution in [0.5, 0.6) is 5.75 Å². The van der Waals surface area contributed by atoms with Gasteiger partial charge in [-0.2, -0.15) is 0 Å². The average Bonchev–Trinajstić information content (AvgIpc) is 2.64. The minimum Gasteiger partial charge on any atom is -0.506 e. The highest BCUT2D eigenvalue weighted by Crippen LogP contribution is 2.31. The third kappa shape index (κ3) is 1.97. The van der Waals surface area contributed by atoms with Crippen molar-refractivity contribution in [3.63, 3.8) is 0 Å². The van der Waals surface area contributed by atoms with Gasteiger partial charge < -0.3 is 5.11 Å². The van der Waals surface area contributed by atoms with Crippen LogP contribution in [0.25, 0.3) is 0 Å². The van der Waals surface area contributed by atoms with Crippen molar-refractivity contribution >= 4 is 0 Å². The molecule has 1 aromatic heterocycles. The molecule has 3 heteroatoms. The lowest BCUT2D eigenvalue weighted by atomic mass is 10.1. The van der Waals surface area contributed by atoms with Gasteiger partial charge in [0.2, 0.25) is 0 Å². The number of aromatic hydroxyl groups is 1. The fourth-order valence-corrected chi connectivity index (χ4v) is 2.42. The van der Waals surface area contributed by atoms with Gasteiger partial charge in [-0.1, -0.05) is 0 Å². The molecule has 0 amide bonds. The quantitative estimate of drug-likeness (QED) is 0.806. The van der Waals surface area contributed by atoms with Crippen molar-refractivity contribution in [3.8, 4) is 5.75 Å². The molecule has 0 aromatic carbocycles. The van der Waals surface area contributed by atoms with E-state index in [1.54, 1.807) is 18.3 Å². The van der Waals surface area contributed by atoms with Crippen LogP contribution in [0.15, 0.2) is 18.3 Å². The van der Waals surface area contributed by atoms with Gasteiger partial charge in [-0.3, -0.25) is 9.88 Å². The van der Waals surface area contributed by atoms with Gasteiger partial charge >= 0.3 is 0 Å². The summed E-state index contributed by atoms with van der Waals surface area (Å²) in [6.45, 7) is 5.46. The number of rotatable bonds is 2. The zero-order chi connectivity index (χ0) is 10.8. The second kappa shape index (κ2) is 4.19. The fourth-order valence-electron chi connectivity index (χ4n) is 2.42. The average molecular weight is 206 g/mol. The molecule has 0 aliphatic carbocycles. The molecule has 82 valence electrons. The standard InChI is InChI=1S/C12H18N2O/c1-9-5-4-8-14(9)10(2)12-11(15)6-3-7-13-12/h3,6-7,9-10,15H,4-5,8H2,1-2H3/t9-,10?/m1/s1. The molecular formula is C12H18N2O. The smallest absolute Gasteiger partial charge is 0.138 e. The van der Waals surface area contributed by atoms with Crippen molar-refractivity contribution in [2.24, 2.45) is 0 Å². The summed E-state index contributed by atoms with van der Waals surface area (Å²) < 4.78 is 0. The summed E-state index contributed by atoms with van der Waals surface area (Å²) >= 11 is 0. The second-order valence-electron chi connectivity index (χ2n) is 4.31. The minimum absolute atomic E-state index is 0.212. The first-order valence-electron chi connectivity index (χ1n) is 5.60. The van der Waals surface area contributed by atoms with Crippen LogP contribution in [0.4, 0.5) is 0 Å². The summed E-state index contributed by atoms with van der Waals surface area (Å²) in [5, 5.41) is 9.74. The summed E-state index contributed by atoms with van der Waals surface area (Å²) in [4.78, 5) is 6.67. The molecule has 1 aliphatic heterocycles. The Kier molecular flexibility index (Phi) is 2.91. The van der Waals surface area contributed by atoms with Crippen LogP contribution >= 0.6 is 0 Å². The maximum absolute atomic E-state index is 9.74. The van der Waals surface area contributed by atoms with Crippen molar-refractivity contribution in [1.82, 2.24) is 9.88 Å². The van der Waals surface area contributed by atoms with Gasteiger partial charge in [0.15, 0.2) is 0 Å². The van der Waals surface area contributed by atoms with Crippen molar-refractivity contribution < 1.29 is 5.11 Å². The Morgan fingerprint density at radius 3 is 3.00 bits per heavy atom. The summed E-state index contributed by atoms with van der Waals surface area (Å²) in [5.41, 5.74) is 0.797. The third-order valence-electron chi connectivity index (χ3n) is 3.31. The Labute approximate surface area is 90.8 Å². The van der Waals surface area contributed by atoms with Gasteiger partial charge in [-0.25, -0.2) is 0 Å². The summed E-state index contributed by atoms with van der Waals surface area (Å²) in [6.07, 6.45) is 4.24. The Hall–Kier alpha value is -1.09. The lowest BCUT2D eigenvalue weighted by Crippen LogP contribution is -2.30. The number of hydrogen-bond acceptors (Lipinski definition) is 3. The van der Waals surface area contributed by atoms with Crippen LogP contribution in [0.2, 0.25) is 0 Å². The van der Waals surface area contributed by atoms with Crippen LogP contribution < -0.4 is 0 Å². The van der Waals surface area contributed by atoms with Crippen LogP contribution in [-0.2, 0) is 0 Å². The van der Waals surface area contributed by atoms with Crippen LogP contribution in [0.3, 0.4) is 0 Å². The van der Waals surface area contributed by atoms with E-state index in [2.05, 4.69) is 23.7 Å². The maximum atomic E-state index is 9.74. The number of likely N-dealkylation sites (tertiary alicyclic amines) is 1. The SMILES string of the molecule is CC(c1ncccc1O)N1CCC[C@H]1C. The first-order chi connectivity index (χ1) is 7.20. The van der Waals surface area contributed by atoms with Crippen molar-refractivity contribution in [3.05, 3.63) is 24.0 Å².